The van der Waals surface area contributed by atoms with Crippen molar-refractivity contribution in [1.29, 1.82) is 0 Å². The van der Waals surface area contributed by atoms with Crippen LogP contribution in [0.5, 0.6) is 0 Å². The minimum Gasteiger partial charge on any atom is -0.379 e. The van der Waals surface area contributed by atoms with E-state index in [-0.39, 0.29) is 17.9 Å². The average molecular weight is 333 g/mol. The lowest BCUT2D eigenvalue weighted by Gasteiger charge is -2.34. The van der Waals surface area contributed by atoms with E-state index in [4.69, 9.17) is 4.74 Å². The smallest absolute Gasteiger partial charge is 0.319 e. The molecule has 1 aromatic carbocycles. The summed E-state index contributed by atoms with van der Waals surface area (Å²) in [6, 6.07) is 6.04. The Hall–Kier alpha value is -2.45. The van der Waals surface area contributed by atoms with Gasteiger partial charge in [0.05, 0.1) is 31.1 Å². The van der Waals surface area contributed by atoms with E-state index < -0.39 is 0 Å². The summed E-state index contributed by atoms with van der Waals surface area (Å²) in [6.45, 7) is 3.26. The van der Waals surface area contributed by atoms with Gasteiger partial charge in [-0.25, -0.2) is 9.18 Å². The number of nitrogens with one attached hydrogen (secondary N) is 3. The van der Waals surface area contributed by atoms with Gasteiger partial charge in [-0.2, -0.15) is 5.10 Å². The Balaban J connectivity index is 1.65. The molecule has 0 aliphatic carbocycles. The lowest BCUT2D eigenvalue weighted by atomic mass is 10.0. The summed E-state index contributed by atoms with van der Waals surface area (Å²) in [5.41, 5.74) is 1.55. The molecule has 0 spiro atoms. The zero-order valence-corrected chi connectivity index (χ0v) is 13.2. The molecule has 1 aromatic heterocycles. The minimum absolute atomic E-state index is 0.0374. The molecule has 0 unspecified atom stereocenters. The number of hydrogen-bond donors (Lipinski definition) is 3. The molecule has 3 N–H and O–H groups in total. The number of urea groups is 1. The number of benzene rings is 1. The molecule has 0 radical (unpaired) electrons. The Morgan fingerprint density at radius 3 is 2.75 bits per heavy atom. The zero-order valence-electron chi connectivity index (χ0n) is 13.2. The number of halogens is 1. The Labute approximate surface area is 139 Å². The van der Waals surface area contributed by atoms with Gasteiger partial charge in [0.15, 0.2) is 0 Å². The largest absolute Gasteiger partial charge is 0.379 e. The highest BCUT2D eigenvalue weighted by molar-refractivity contribution is 5.88. The van der Waals surface area contributed by atoms with Crippen LogP contribution in [-0.4, -0.2) is 54.0 Å². The van der Waals surface area contributed by atoms with Crippen molar-refractivity contribution in [3.8, 4) is 0 Å². The van der Waals surface area contributed by atoms with Gasteiger partial charge < -0.3 is 15.4 Å². The number of rotatable bonds is 5. The summed E-state index contributed by atoms with van der Waals surface area (Å²) in [6.07, 6.45) is 3.12. The standard InChI is InChI=1S/C16H20FN5O2/c17-13-3-1-12(2-4-13)15(22-5-7-24-8-6-22)11-18-16(23)21-14-9-19-20-10-14/h1-4,9-10,15H,5-8,11H2,(H,19,20)(H2,18,21,23)/t15-/m0/s1. The fraction of sp³-hybridized carbons (Fsp3) is 0.375. The molecule has 1 saturated heterocycles. The van der Waals surface area contributed by atoms with Crippen LogP contribution in [0.2, 0.25) is 0 Å². The zero-order chi connectivity index (χ0) is 16.8. The van der Waals surface area contributed by atoms with Crippen LogP contribution in [-0.2, 0) is 4.74 Å². The van der Waals surface area contributed by atoms with Crippen molar-refractivity contribution in [2.24, 2.45) is 0 Å². The van der Waals surface area contributed by atoms with Gasteiger partial charge >= 0.3 is 6.03 Å². The first-order valence-corrected chi connectivity index (χ1v) is 7.83. The molecule has 8 heteroatoms. The fourth-order valence-electron chi connectivity index (χ4n) is 2.72. The maximum atomic E-state index is 13.2. The van der Waals surface area contributed by atoms with Gasteiger partial charge in [0.25, 0.3) is 0 Å². The summed E-state index contributed by atoms with van der Waals surface area (Å²) in [4.78, 5) is 14.2. The van der Waals surface area contributed by atoms with Crippen molar-refractivity contribution in [2.45, 2.75) is 6.04 Å². The second kappa shape index (κ2) is 7.89. The molecule has 3 rings (SSSR count). The van der Waals surface area contributed by atoms with Crippen LogP contribution in [0.15, 0.2) is 36.7 Å². The van der Waals surface area contributed by atoms with Crippen LogP contribution in [0.25, 0.3) is 0 Å². The van der Waals surface area contributed by atoms with Crippen LogP contribution in [0.3, 0.4) is 0 Å². The molecule has 1 atom stereocenters. The molecule has 7 nitrogen and oxygen atoms in total. The van der Waals surface area contributed by atoms with Gasteiger partial charge in [-0.15, -0.1) is 0 Å². The van der Waals surface area contributed by atoms with E-state index in [2.05, 4.69) is 25.7 Å². The van der Waals surface area contributed by atoms with E-state index in [9.17, 15) is 9.18 Å². The summed E-state index contributed by atoms with van der Waals surface area (Å²) >= 11 is 0. The molecule has 2 heterocycles. The third-order valence-corrected chi connectivity index (χ3v) is 3.95. The van der Waals surface area contributed by atoms with E-state index in [0.29, 0.717) is 25.4 Å². The lowest BCUT2D eigenvalue weighted by Crippen LogP contribution is -2.44. The number of amides is 2. The highest BCUT2D eigenvalue weighted by atomic mass is 19.1. The number of hydrogen-bond acceptors (Lipinski definition) is 4. The molecular weight excluding hydrogens is 313 g/mol. The molecule has 0 saturated carbocycles. The number of H-pyrrole nitrogens is 1. The number of carbonyl (C=O) groups excluding carboxylic acids is 1. The summed E-state index contributed by atoms with van der Waals surface area (Å²) in [7, 11) is 0. The van der Waals surface area contributed by atoms with Crippen LogP contribution in [0, 0.1) is 5.82 Å². The van der Waals surface area contributed by atoms with E-state index >= 15 is 0 Å². The van der Waals surface area contributed by atoms with E-state index in [1.165, 1.54) is 18.3 Å². The van der Waals surface area contributed by atoms with Crippen molar-refractivity contribution in [1.82, 2.24) is 20.4 Å². The maximum absolute atomic E-state index is 13.2. The normalized spacial score (nSPS) is 16.5. The predicted octanol–water partition coefficient (Wildman–Crippen LogP) is 1.74. The Bertz CT molecular complexity index is 641. The Kier molecular flexibility index (Phi) is 5.39. The Morgan fingerprint density at radius 1 is 1.33 bits per heavy atom. The number of aromatic nitrogens is 2. The van der Waals surface area contributed by atoms with E-state index in [1.807, 2.05) is 0 Å². The average Bonchev–Trinajstić information content (AvgIpc) is 3.10. The number of carbonyl (C=O) groups is 1. The fourth-order valence-corrected chi connectivity index (χ4v) is 2.72. The molecular formula is C16H20FN5O2. The SMILES string of the molecule is O=C(NC[C@@H](c1ccc(F)cc1)N1CCOCC1)Nc1cn[nH]c1. The molecule has 24 heavy (non-hydrogen) atoms. The van der Waals surface area contributed by atoms with Gasteiger partial charge in [-0.05, 0) is 17.7 Å². The summed E-state index contributed by atoms with van der Waals surface area (Å²) in [5, 5.41) is 12.0. The van der Waals surface area contributed by atoms with Crippen molar-refractivity contribution in [3.63, 3.8) is 0 Å². The van der Waals surface area contributed by atoms with Crippen molar-refractivity contribution >= 4 is 11.7 Å². The summed E-state index contributed by atoms with van der Waals surface area (Å²) in [5.74, 6) is -0.273. The lowest BCUT2D eigenvalue weighted by molar-refractivity contribution is 0.0167. The van der Waals surface area contributed by atoms with Gasteiger partial charge in [-0.1, -0.05) is 12.1 Å². The van der Waals surface area contributed by atoms with Crippen molar-refractivity contribution in [3.05, 3.63) is 48.0 Å². The third-order valence-electron chi connectivity index (χ3n) is 3.95. The van der Waals surface area contributed by atoms with Crippen LogP contribution < -0.4 is 10.6 Å². The van der Waals surface area contributed by atoms with Gasteiger partial charge in [0.2, 0.25) is 0 Å². The van der Waals surface area contributed by atoms with E-state index in [1.54, 1.807) is 18.3 Å². The first kappa shape index (κ1) is 16.4. The number of nitrogens with zero attached hydrogens (tertiary/aromatic N) is 2. The molecule has 1 fully saturated rings. The molecule has 128 valence electrons. The highest BCUT2D eigenvalue weighted by Crippen LogP contribution is 2.21. The number of morpholine rings is 1. The molecule has 2 aromatic rings. The number of aromatic amines is 1. The van der Waals surface area contributed by atoms with Crippen LogP contribution >= 0.6 is 0 Å². The number of anilines is 1. The summed E-state index contributed by atoms with van der Waals surface area (Å²) < 4.78 is 18.6. The van der Waals surface area contributed by atoms with Gasteiger partial charge in [-0.3, -0.25) is 10.00 Å². The first-order valence-electron chi connectivity index (χ1n) is 7.83. The Morgan fingerprint density at radius 2 is 2.08 bits per heavy atom. The molecule has 1 aliphatic heterocycles. The van der Waals surface area contributed by atoms with Crippen LogP contribution in [0.1, 0.15) is 11.6 Å². The topological polar surface area (TPSA) is 82.3 Å². The van der Waals surface area contributed by atoms with Gasteiger partial charge in [0, 0.05) is 25.8 Å². The number of ether oxygens (including phenoxy) is 1. The van der Waals surface area contributed by atoms with Gasteiger partial charge in [0.1, 0.15) is 5.82 Å². The molecule has 1 aliphatic rings. The van der Waals surface area contributed by atoms with Crippen molar-refractivity contribution in [2.75, 3.05) is 38.2 Å². The van der Waals surface area contributed by atoms with Crippen molar-refractivity contribution < 1.29 is 13.9 Å². The molecule has 0 bridgehead atoms. The maximum Gasteiger partial charge on any atom is 0.319 e. The quantitative estimate of drug-likeness (QED) is 0.778. The second-order valence-corrected chi connectivity index (χ2v) is 5.54. The van der Waals surface area contributed by atoms with E-state index in [0.717, 1.165) is 18.7 Å². The second-order valence-electron chi connectivity index (χ2n) is 5.54. The highest BCUT2D eigenvalue weighted by Gasteiger charge is 2.23. The predicted molar refractivity (Wildman–Crippen MR) is 87.1 cm³/mol. The van der Waals surface area contributed by atoms with Crippen LogP contribution in [0.4, 0.5) is 14.9 Å². The molecule has 2 amide bonds. The third kappa shape index (κ3) is 4.30. The monoisotopic (exact) mass is 333 g/mol. The minimum atomic E-state index is -0.309. The first-order chi connectivity index (χ1) is 11.7.